The molecule has 0 atom stereocenters. The molecule has 2 rings (SSSR count). The van der Waals surface area contributed by atoms with E-state index in [4.69, 9.17) is 0 Å². The highest BCUT2D eigenvalue weighted by Gasteiger charge is 2.08. The average molecular weight is 343 g/mol. The molecule has 1 nitrogen and oxygen atoms in total. The molecule has 0 saturated carbocycles. The Balaban J connectivity index is 2.00. The summed E-state index contributed by atoms with van der Waals surface area (Å²) in [6, 6.07) is 10.6. The minimum Gasteiger partial charge on any atom is -0.293 e. The lowest BCUT2D eigenvalue weighted by Gasteiger charge is -2.02. The summed E-state index contributed by atoms with van der Waals surface area (Å²) >= 11 is 4.47. The van der Waals surface area contributed by atoms with Crippen molar-refractivity contribution in [3.63, 3.8) is 0 Å². The lowest BCUT2D eigenvalue weighted by atomic mass is 10.2. The molecule has 0 spiro atoms. The zero-order valence-electron chi connectivity index (χ0n) is 9.70. The van der Waals surface area contributed by atoms with Crippen LogP contribution in [-0.2, 0) is 0 Å². The van der Waals surface area contributed by atoms with Gasteiger partial charge < -0.3 is 0 Å². The van der Waals surface area contributed by atoms with Crippen molar-refractivity contribution in [3.05, 3.63) is 64.1 Å². The predicted molar refractivity (Wildman–Crippen MR) is 75.6 cm³/mol. The summed E-state index contributed by atoms with van der Waals surface area (Å²) < 4.78 is 26.6. The third kappa shape index (κ3) is 3.88. The summed E-state index contributed by atoms with van der Waals surface area (Å²) in [4.78, 5) is 12.4. The van der Waals surface area contributed by atoms with Gasteiger partial charge in [-0.1, -0.05) is 28.1 Å². The van der Waals surface area contributed by atoms with Gasteiger partial charge in [0.15, 0.2) is 17.4 Å². The van der Waals surface area contributed by atoms with E-state index in [2.05, 4.69) is 15.9 Å². The quantitative estimate of drug-likeness (QED) is 0.591. The summed E-state index contributed by atoms with van der Waals surface area (Å²) in [5.41, 5.74) is 0.596. The SMILES string of the molecule is O=C(CSc1ccc(F)c(F)c1)c1ccc(Br)cc1. The first-order valence-electron chi connectivity index (χ1n) is 5.43. The first-order chi connectivity index (χ1) is 9.06. The van der Waals surface area contributed by atoms with E-state index in [9.17, 15) is 13.6 Å². The maximum absolute atomic E-state index is 13.0. The molecule has 5 heteroatoms. The van der Waals surface area contributed by atoms with Gasteiger partial charge in [0, 0.05) is 14.9 Å². The highest BCUT2D eigenvalue weighted by molar-refractivity contribution is 9.10. The number of benzene rings is 2. The van der Waals surface area contributed by atoms with Crippen LogP contribution in [0.4, 0.5) is 8.78 Å². The predicted octanol–water partition coefficient (Wildman–Crippen LogP) is 4.70. The van der Waals surface area contributed by atoms with Crippen LogP contribution in [0.3, 0.4) is 0 Å². The third-order valence-electron chi connectivity index (χ3n) is 2.43. The number of ketones is 1. The second kappa shape index (κ2) is 6.30. The molecule has 0 unspecified atom stereocenters. The second-order valence-electron chi connectivity index (χ2n) is 3.79. The Hall–Kier alpha value is -1.20. The van der Waals surface area contributed by atoms with Crippen molar-refractivity contribution in [2.75, 3.05) is 5.75 Å². The lowest BCUT2D eigenvalue weighted by molar-refractivity contribution is 0.102. The number of carbonyl (C=O) groups excluding carboxylic acids is 1. The monoisotopic (exact) mass is 342 g/mol. The molecule has 0 aliphatic carbocycles. The van der Waals surface area contributed by atoms with E-state index >= 15 is 0 Å². The van der Waals surface area contributed by atoms with E-state index in [1.807, 2.05) is 0 Å². The number of halogens is 3. The van der Waals surface area contributed by atoms with Gasteiger partial charge in [-0.25, -0.2) is 8.78 Å². The van der Waals surface area contributed by atoms with Crippen LogP contribution >= 0.6 is 27.7 Å². The topological polar surface area (TPSA) is 17.1 Å². The van der Waals surface area contributed by atoms with Crippen LogP contribution in [0.5, 0.6) is 0 Å². The average Bonchev–Trinajstić information content (AvgIpc) is 2.40. The molecule has 2 aromatic carbocycles. The Kier molecular flexibility index (Phi) is 4.71. The van der Waals surface area contributed by atoms with E-state index < -0.39 is 11.6 Å². The Morgan fingerprint density at radius 2 is 1.74 bits per heavy atom. The molecular weight excluding hydrogens is 334 g/mol. The summed E-state index contributed by atoms with van der Waals surface area (Å²) in [5.74, 6) is -1.65. The van der Waals surface area contributed by atoms with Crippen LogP contribution in [-0.4, -0.2) is 11.5 Å². The van der Waals surface area contributed by atoms with Crippen molar-refractivity contribution in [1.29, 1.82) is 0 Å². The Bertz CT molecular complexity index is 599. The fourth-order valence-corrected chi connectivity index (χ4v) is 2.51. The van der Waals surface area contributed by atoms with Gasteiger partial charge in [0.25, 0.3) is 0 Å². The lowest BCUT2D eigenvalue weighted by Crippen LogP contribution is -2.01. The fraction of sp³-hybridized carbons (Fsp3) is 0.0714. The zero-order chi connectivity index (χ0) is 13.8. The molecule has 0 aliphatic heterocycles. The van der Waals surface area contributed by atoms with Crippen LogP contribution in [0, 0.1) is 11.6 Å². The van der Waals surface area contributed by atoms with Crippen LogP contribution in [0.2, 0.25) is 0 Å². The van der Waals surface area contributed by atoms with Crippen LogP contribution < -0.4 is 0 Å². The largest absolute Gasteiger partial charge is 0.293 e. The molecular formula is C14H9BrF2OS. The van der Waals surface area contributed by atoms with Crippen molar-refractivity contribution in [3.8, 4) is 0 Å². The minimum absolute atomic E-state index is 0.0535. The molecule has 0 heterocycles. The van der Waals surface area contributed by atoms with Crippen LogP contribution in [0.25, 0.3) is 0 Å². The Labute approximate surface area is 122 Å². The maximum Gasteiger partial charge on any atom is 0.173 e. The first kappa shape index (κ1) is 14.2. The van der Waals surface area contributed by atoms with Crippen LogP contribution in [0.15, 0.2) is 51.8 Å². The summed E-state index contributed by atoms with van der Waals surface area (Å²) in [6.07, 6.45) is 0. The molecule has 19 heavy (non-hydrogen) atoms. The van der Waals surface area contributed by atoms with Gasteiger partial charge in [-0.2, -0.15) is 0 Å². The summed E-state index contributed by atoms with van der Waals surface area (Å²) in [6.45, 7) is 0. The molecule has 0 aliphatic rings. The van der Waals surface area contributed by atoms with Crippen molar-refractivity contribution < 1.29 is 13.6 Å². The highest BCUT2D eigenvalue weighted by atomic mass is 79.9. The van der Waals surface area contributed by atoms with Crippen molar-refractivity contribution in [2.45, 2.75) is 4.90 Å². The van der Waals surface area contributed by atoms with Crippen molar-refractivity contribution in [2.24, 2.45) is 0 Å². The smallest absolute Gasteiger partial charge is 0.173 e. The fourth-order valence-electron chi connectivity index (χ4n) is 1.43. The number of hydrogen-bond acceptors (Lipinski definition) is 2. The van der Waals surface area contributed by atoms with E-state index in [-0.39, 0.29) is 11.5 Å². The Morgan fingerprint density at radius 3 is 2.37 bits per heavy atom. The van der Waals surface area contributed by atoms with Gasteiger partial charge in [-0.05, 0) is 30.3 Å². The molecule has 0 aromatic heterocycles. The van der Waals surface area contributed by atoms with E-state index in [1.165, 1.54) is 17.8 Å². The van der Waals surface area contributed by atoms with E-state index in [0.717, 1.165) is 16.6 Å². The molecule has 0 saturated heterocycles. The van der Waals surface area contributed by atoms with Crippen molar-refractivity contribution >= 4 is 33.5 Å². The van der Waals surface area contributed by atoms with Crippen molar-refractivity contribution in [1.82, 2.24) is 0 Å². The molecule has 2 aromatic rings. The maximum atomic E-state index is 13.0. The molecule has 0 bridgehead atoms. The molecule has 98 valence electrons. The van der Waals surface area contributed by atoms with Gasteiger partial charge in [0.1, 0.15) is 0 Å². The second-order valence-corrected chi connectivity index (χ2v) is 5.76. The highest BCUT2D eigenvalue weighted by Crippen LogP contribution is 2.22. The number of Topliss-reactive ketones (excluding diaryl/α,β-unsaturated/α-hetero) is 1. The van der Waals surface area contributed by atoms with Gasteiger partial charge in [0.05, 0.1) is 5.75 Å². The van der Waals surface area contributed by atoms with Gasteiger partial charge in [-0.3, -0.25) is 4.79 Å². The minimum atomic E-state index is -0.902. The molecule has 0 fully saturated rings. The number of hydrogen-bond donors (Lipinski definition) is 0. The van der Waals surface area contributed by atoms with E-state index in [0.29, 0.717) is 10.5 Å². The number of carbonyl (C=O) groups is 1. The first-order valence-corrected chi connectivity index (χ1v) is 7.21. The molecule has 0 radical (unpaired) electrons. The standard InChI is InChI=1S/C14H9BrF2OS/c15-10-3-1-9(2-4-10)14(18)8-19-11-5-6-12(16)13(17)7-11/h1-7H,8H2. The summed E-state index contributed by atoms with van der Waals surface area (Å²) in [5, 5.41) is 0. The molecule has 0 N–H and O–H groups in total. The molecule has 0 amide bonds. The van der Waals surface area contributed by atoms with Gasteiger partial charge >= 0.3 is 0 Å². The number of rotatable bonds is 4. The number of thioether (sulfide) groups is 1. The van der Waals surface area contributed by atoms with Gasteiger partial charge in [-0.15, -0.1) is 11.8 Å². The van der Waals surface area contributed by atoms with Gasteiger partial charge in [0.2, 0.25) is 0 Å². The van der Waals surface area contributed by atoms with Crippen LogP contribution in [0.1, 0.15) is 10.4 Å². The summed E-state index contributed by atoms with van der Waals surface area (Å²) in [7, 11) is 0. The van der Waals surface area contributed by atoms with E-state index in [1.54, 1.807) is 24.3 Å². The normalized spacial score (nSPS) is 10.5. The zero-order valence-corrected chi connectivity index (χ0v) is 12.1. The third-order valence-corrected chi connectivity index (χ3v) is 3.95. The Morgan fingerprint density at radius 1 is 1.05 bits per heavy atom.